The van der Waals surface area contributed by atoms with Gasteiger partial charge in [-0.15, -0.1) is 0 Å². The topological polar surface area (TPSA) is 61.8 Å². The molecule has 1 atom stereocenters. The second-order valence-electron chi connectivity index (χ2n) is 7.28. The lowest BCUT2D eigenvalue weighted by atomic mass is 10.00. The quantitative estimate of drug-likeness (QED) is 0.426. The van der Waals surface area contributed by atoms with Gasteiger partial charge in [0, 0.05) is 33.2 Å². The van der Waals surface area contributed by atoms with Gasteiger partial charge in [-0.05, 0) is 49.4 Å². The summed E-state index contributed by atoms with van der Waals surface area (Å²) in [5.41, 5.74) is 3.28. The smallest absolute Gasteiger partial charge is 0.297 e. The number of halogens is 2. The molecule has 0 aromatic heterocycles. The maximum absolute atomic E-state index is 12.5. The molecule has 1 aliphatic rings. The van der Waals surface area contributed by atoms with Crippen LogP contribution in [-0.2, 0) is 20.7 Å². The molecule has 5 nitrogen and oxygen atoms in total. The Kier molecular flexibility index (Phi) is 6.17. The van der Waals surface area contributed by atoms with E-state index in [0.29, 0.717) is 33.5 Å². The van der Waals surface area contributed by atoms with Crippen LogP contribution in [0, 0.1) is 6.92 Å². The van der Waals surface area contributed by atoms with E-state index in [-0.39, 0.29) is 11.5 Å². The highest BCUT2D eigenvalue weighted by molar-refractivity contribution is 7.86. The summed E-state index contributed by atoms with van der Waals surface area (Å²) in [7, 11) is -2.30. The van der Waals surface area contributed by atoms with Crippen molar-refractivity contribution in [1.82, 2.24) is 0 Å². The second kappa shape index (κ2) is 8.71. The molecule has 1 heterocycles. The zero-order valence-corrected chi connectivity index (χ0v) is 19.2. The first kappa shape index (κ1) is 22.0. The zero-order valence-electron chi connectivity index (χ0n) is 16.9. The molecule has 31 heavy (non-hydrogen) atoms. The minimum absolute atomic E-state index is 0.113. The van der Waals surface area contributed by atoms with Gasteiger partial charge in [0.1, 0.15) is 24.2 Å². The van der Waals surface area contributed by atoms with Crippen LogP contribution in [0.25, 0.3) is 11.1 Å². The van der Waals surface area contributed by atoms with Gasteiger partial charge in [0.15, 0.2) is 0 Å². The fourth-order valence-corrected chi connectivity index (χ4v) is 4.79. The van der Waals surface area contributed by atoms with Crippen LogP contribution in [0.4, 0.5) is 0 Å². The molecule has 0 amide bonds. The molecule has 0 saturated heterocycles. The number of benzene rings is 3. The van der Waals surface area contributed by atoms with E-state index in [4.69, 9.17) is 36.9 Å². The molecular weight excluding hydrogens is 459 g/mol. The summed E-state index contributed by atoms with van der Waals surface area (Å²) >= 11 is 12.6. The molecule has 0 N–H and O–H groups in total. The van der Waals surface area contributed by atoms with Gasteiger partial charge >= 0.3 is 0 Å². The van der Waals surface area contributed by atoms with E-state index in [1.807, 2.05) is 19.1 Å². The maximum Gasteiger partial charge on any atom is 0.297 e. The molecule has 0 saturated carbocycles. The van der Waals surface area contributed by atoms with Crippen molar-refractivity contribution in [3.05, 3.63) is 75.8 Å². The second-order valence-corrected chi connectivity index (χ2v) is 9.74. The number of hydrogen-bond donors (Lipinski definition) is 0. The van der Waals surface area contributed by atoms with Crippen LogP contribution in [0.3, 0.4) is 0 Å². The molecule has 3 aromatic carbocycles. The normalized spacial score (nSPS) is 15.4. The average molecular weight is 479 g/mol. The van der Waals surface area contributed by atoms with Crippen molar-refractivity contribution in [1.29, 1.82) is 0 Å². The van der Waals surface area contributed by atoms with E-state index in [1.54, 1.807) is 37.4 Å². The molecule has 0 fully saturated rings. The van der Waals surface area contributed by atoms with Crippen LogP contribution in [0.5, 0.6) is 11.5 Å². The Hall–Kier alpha value is -2.25. The van der Waals surface area contributed by atoms with E-state index < -0.39 is 16.2 Å². The van der Waals surface area contributed by atoms with Crippen LogP contribution >= 0.6 is 23.2 Å². The molecule has 0 bridgehead atoms. The van der Waals surface area contributed by atoms with Gasteiger partial charge in [0.25, 0.3) is 10.1 Å². The van der Waals surface area contributed by atoms with Crippen molar-refractivity contribution in [3.8, 4) is 22.6 Å². The monoisotopic (exact) mass is 478 g/mol. The van der Waals surface area contributed by atoms with Crippen LogP contribution in [0.15, 0.2) is 59.5 Å². The van der Waals surface area contributed by atoms with Gasteiger partial charge in [-0.25, -0.2) is 0 Å². The molecule has 0 spiro atoms. The summed E-state index contributed by atoms with van der Waals surface area (Å²) < 4.78 is 41.8. The Morgan fingerprint density at radius 3 is 2.48 bits per heavy atom. The highest BCUT2D eigenvalue weighted by Gasteiger charge is 2.30. The van der Waals surface area contributed by atoms with Crippen LogP contribution < -0.4 is 9.47 Å². The first-order chi connectivity index (χ1) is 14.8. The fourth-order valence-electron chi connectivity index (χ4n) is 3.46. The number of fused-ring (bicyclic) bond motifs is 1. The highest BCUT2D eigenvalue weighted by Crippen LogP contribution is 2.44. The maximum atomic E-state index is 12.5. The fraction of sp³-hybridized carbons (Fsp3) is 0.217. The minimum atomic E-state index is -3.88. The largest absolute Gasteiger partial charge is 0.497 e. The predicted octanol–water partition coefficient (Wildman–Crippen LogP) is 5.69. The lowest BCUT2D eigenvalue weighted by molar-refractivity contribution is 0.152. The zero-order chi connectivity index (χ0) is 22.2. The van der Waals surface area contributed by atoms with Gasteiger partial charge in [-0.2, -0.15) is 8.42 Å². The number of methoxy groups -OCH3 is 1. The van der Waals surface area contributed by atoms with Crippen molar-refractivity contribution >= 4 is 33.3 Å². The minimum Gasteiger partial charge on any atom is -0.497 e. The summed E-state index contributed by atoms with van der Waals surface area (Å²) in [5.74, 6) is 1.26. The lowest BCUT2D eigenvalue weighted by Crippen LogP contribution is -2.23. The molecule has 8 heteroatoms. The van der Waals surface area contributed by atoms with E-state index in [2.05, 4.69) is 0 Å². The van der Waals surface area contributed by atoms with Gasteiger partial charge in [-0.1, -0.05) is 40.9 Å². The molecule has 162 valence electrons. The Balaban J connectivity index is 1.58. The number of hydrogen-bond acceptors (Lipinski definition) is 5. The third kappa shape index (κ3) is 4.67. The van der Waals surface area contributed by atoms with E-state index >= 15 is 0 Å². The summed E-state index contributed by atoms with van der Waals surface area (Å²) in [4.78, 5) is 0.113. The summed E-state index contributed by atoms with van der Waals surface area (Å²) in [6.07, 6.45) is 0.000237. The first-order valence-electron chi connectivity index (χ1n) is 9.56. The van der Waals surface area contributed by atoms with Crippen LogP contribution in [-0.4, -0.2) is 28.2 Å². The summed E-state index contributed by atoms with van der Waals surface area (Å²) in [6.45, 7) is 1.77. The van der Waals surface area contributed by atoms with Crippen molar-refractivity contribution in [2.75, 3.05) is 13.7 Å². The van der Waals surface area contributed by atoms with Crippen LogP contribution in [0.2, 0.25) is 10.0 Å². The highest BCUT2D eigenvalue weighted by atomic mass is 35.5. The molecule has 3 aromatic rings. The van der Waals surface area contributed by atoms with E-state index in [9.17, 15) is 8.42 Å². The Morgan fingerprint density at radius 1 is 1.03 bits per heavy atom. The number of aryl methyl sites for hydroxylation is 1. The van der Waals surface area contributed by atoms with Crippen molar-refractivity contribution < 1.29 is 22.1 Å². The molecule has 0 aliphatic carbocycles. The van der Waals surface area contributed by atoms with Crippen LogP contribution in [0.1, 0.15) is 11.1 Å². The number of rotatable bonds is 6. The third-order valence-corrected chi connectivity index (χ3v) is 6.91. The Bertz CT molecular complexity index is 1220. The van der Waals surface area contributed by atoms with Gasteiger partial charge < -0.3 is 9.47 Å². The molecule has 4 rings (SSSR count). The molecular formula is C23H20Cl2O5S. The molecule has 1 unspecified atom stereocenters. The first-order valence-corrected chi connectivity index (χ1v) is 11.7. The molecule has 0 radical (unpaired) electrons. The van der Waals surface area contributed by atoms with Gasteiger partial charge in [0.05, 0.1) is 12.0 Å². The predicted molar refractivity (Wildman–Crippen MR) is 121 cm³/mol. The van der Waals surface area contributed by atoms with Crippen molar-refractivity contribution in [2.45, 2.75) is 24.3 Å². The van der Waals surface area contributed by atoms with Crippen molar-refractivity contribution in [3.63, 3.8) is 0 Å². The Morgan fingerprint density at radius 2 is 1.77 bits per heavy atom. The number of ether oxygens (including phenoxy) is 2. The Labute approximate surface area is 191 Å². The van der Waals surface area contributed by atoms with Crippen molar-refractivity contribution in [2.24, 2.45) is 0 Å². The standard InChI is InChI=1S/C23H20Cl2O5S/c1-14-3-6-19(7-4-14)31(26,27)29-13-18-10-15-9-17(28-2)12-21(23(15)30-18)20-11-16(24)5-8-22(20)25/h3-9,11-12,18H,10,13H2,1-2H3. The summed E-state index contributed by atoms with van der Waals surface area (Å²) in [6, 6.07) is 15.4. The SMILES string of the molecule is COc1cc2c(c(-c3cc(Cl)ccc3Cl)c1)OC(COS(=O)(=O)c1ccc(C)cc1)C2. The van der Waals surface area contributed by atoms with E-state index in [1.165, 1.54) is 12.1 Å². The summed E-state index contributed by atoms with van der Waals surface area (Å²) in [5, 5.41) is 1.06. The lowest BCUT2D eigenvalue weighted by Gasteiger charge is -2.15. The molecule has 1 aliphatic heterocycles. The van der Waals surface area contributed by atoms with Gasteiger partial charge in [0.2, 0.25) is 0 Å². The average Bonchev–Trinajstić information content (AvgIpc) is 3.17. The van der Waals surface area contributed by atoms with E-state index in [0.717, 1.165) is 16.7 Å². The third-order valence-electron chi connectivity index (χ3n) is 5.04. The van der Waals surface area contributed by atoms with Gasteiger partial charge in [-0.3, -0.25) is 4.18 Å².